The van der Waals surface area contributed by atoms with Gasteiger partial charge in [0.1, 0.15) is 50.3 Å². The van der Waals surface area contributed by atoms with E-state index >= 15 is 0 Å². The highest BCUT2D eigenvalue weighted by atomic mass is 79.9. The van der Waals surface area contributed by atoms with Crippen molar-refractivity contribution in [2.45, 2.75) is 5.60 Å². The van der Waals surface area contributed by atoms with Crippen molar-refractivity contribution < 1.29 is 27.6 Å². The molecule has 0 fully saturated rings. The first-order valence-electron chi connectivity index (χ1n) is 27.4. The monoisotopic (exact) mass is 1420 g/mol. The number of carbonyl (C=O) groups is 1. The minimum absolute atomic E-state index is 0.0221. The molecule has 0 saturated heterocycles. The van der Waals surface area contributed by atoms with E-state index in [9.17, 15) is 9.90 Å². The molecule has 2 aliphatic carbocycles. The zero-order valence-corrected chi connectivity index (χ0v) is 52.2. The van der Waals surface area contributed by atoms with Crippen LogP contribution >= 0.6 is 79.6 Å². The van der Waals surface area contributed by atoms with E-state index in [0.29, 0.717) is 22.3 Å². The third-order valence-electron chi connectivity index (χ3n) is 16.5. The van der Waals surface area contributed by atoms with E-state index in [1.54, 1.807) is 0 Å². The Bertz CT molecular complexity index is 5230. The van der Waals surface area contributed by atoms with Crippen LogP contribution in [0.1, 0.15) is 32.6 Å². The average molecular weight is 1420 g/mol. The van der Waals surface area contributed by atoms with Crippen LogP contribution in [0.2, 0.25) is 0 Å². The van der Waals surface area contributed by atoms with Crippen molar-refractivity contribution in [3.05, 3.63) is 281 Å². The lowest BCUT2D eigenvalue weighted by molar-refractivity contribution is 0.104. The van der Waals surface area contributed by atoms with Gasteiger partial charge in [-0.1, -0.05) is 192 Å². The van der Waals surface area contributed by atoms with Gasteiger partial charge >= 0.3 is 0 Å². The number of para-hydroxylation sites is 4. The standard InChI is InChI=1S/C37H20Br2O3.C25H10Br2O3.C12H9Br/c38-27-18-25-33(35-31(27)22-13-5-8-16-29(22)41-35)34-26(19-28(39)32-23-14-6-9-17-30(23)42-36(32)34)37(25,40)24-15-7-4-12-21(24)20-10-2-1-3-11-20;26-15-9-13-21(24-19(15)11-5-1-3-7-17(11)29-24)22-14(23(13)28)10-16(27)20-12-6-2-4-8-18(12)30-25(20)22;13-12-9-5-4-8-11(12)10-6-2-1-3-7-10/h1-19,40H;1-10H;1-9H. The van der Waals surface area contributed by atoms with Crippen molar-refractivity contribution in [1.29, 1.82) is 0 Å². The summed E-state index contributed by atoms with van der Waals surface area (Å²) in [6.07, 6.45) is 0. The second-order valence-electron chi connectivity index (χ2n) is 21.1. The van der Waals surface area contributed by atoms with Gasteiger partial charge in [-0.25, -0.2) is 0 Å². The molecular formula is C74H39Br5O6. The van der Waals surface area contributed by atoms with E-state index in [-0.39, 0.29) is 5.78 Å². The third kappa shape index (κ3) is 7.97. The molecule has 0 spiro atoms. The topological polar surface area (TPSA) is 89.9 Å². The smallest absolute Gasteiger partial charge is 0.194 e. The van der Waals surface area contributed by atoms with Gasteiger partial charge in [-0.15, -0.1) is 0 Å². The van der Waals surface area contributed by atoms with Crippen LogP contribution in [-0.4, -0.2) is 10.9 Å². The van der Waals surface area contributed by atoms with Crippen LogP contribution < -0.4 is 0 Å². The number of halogens is 5. The van der Waals surface area contributed by atoms with Crippen molar-refractivity contribution in [3.8, 4) is 44.5 Å². The molecule has 0 bridgehead atoms. The Hall–Kier alpha value is -8.13. The Morgan fingerprint density at radius 3 is 1.02 bits per heavy atom. The molecule has 11 heteroatoms. The molecule has 4 heterocycles. The summed E-state index contributed by atoms with van der Waals surface area (Å²) in [4.78, 5) is 13.4. The quantitative estimate of drug-likeness (QED) is 0.190. The van der Waals surface area contributed by atoms with Gasteiger partial charge in [0, 0.05) is 116 Å². The number of benzene rings is 12. The second kappa shape index (κ2) is 20.3. The SMILES string of the molecule is Brc1ccccc1-c1ccccc1.O=C1c2cc(Br)c3c(oc4ccccc43)c2-c2c1cc(Br)c1c2oc2ccccc21.OC1(c2ccccc2-c2ccccc2)c2cc(Br)c3c(oc4ccccc43)c2-c2c1cc(Br)c1c2oc2ccccc21. The molecule has 0 saturated carbocycles. The van der Waals surface area contributed by atoms with Gasteiger partial charge in [-0.2, -0.15) is 0 Å². The van der Waals surface area contributed by atoms with Gasteiger partial charge in [0.15, 0.2) is 5.78 Å². The van der Waals surface area contributed by atoms with Crippen LogP contribution in [-0.2, 0) is 5.60 Å². The summed E-state index contributed by atoms with van der Waals surface area (Å²) in [5.41, 5.74) is 15.9. The lowest BCUT2D eigenvalue weighted by Crippen LogP contribution is -2.27. The summed E-state index contributed by atoms with van der Waals surface area (Å²) >= 11 is 18.6. The van der Waals surface area contributed by atoms with Gasteiger partial charge in [-0.05, 0) is 141 Å². The first-order valence-corrected chi connectivity index (χ1v) is 31.3. The number of ketones is 1. The zero-order chi connectivity index (χ0) is 57.4. The molecule has 18 rings (SSSR count). The maximum atomic E-state index is 13.4. The van der Waals surface area contributed by atoms with Crippen molar-refractivity contribution in [2.24, 2.45) is 0 Å². The van der Waals surface area contributed by atoms with Crippen LogP contribution in [0.5, 0.6) is 0 Å². The molecule has 12 aromatic carbocycles. The molecule has 4 aromatic heterocycles. The second-order valence-corrected chi connectivity index (χ2v) is 25.4. The highest BCUT2D eigenvalue weighted by Gasteiger charge is 2.49. The van der Waals surface area contributed by atoms with E-state index in [1.165, 1.54) is 11.1 Å². The van der Waals surface area contributed by atoms with Crippen LogP contribution in [0.4, 0.5) is 0 Å². The van der Waals surface area contributed by atoms with Gasteiger partial charge in [-0.3, -0.25) is 4.79 Å². The van der Waals surface area contributed by atoms with Gasteiger partial charge in [0.25, 0.3) is 0 Å². The van der Waals surface area contributed by atoms with Gasteiger partial charge in [0.05, 0.1) is 0 Å². The van der Waals surface area contributed by atoms with E-state index in [1.807, 2.05) is 152 Å². The maximum Gasteiger partial charge on any atom is 0.194 e. The lowest BCUT2D eigenvalue weighted by atomic mass is 9.80. The molecule has 0 amide bonds. The Kier molecular flexibility index (Phi) is 12.5. The molecular weight excluding hydrogens is 1380 g/mol. The molecule has 406 valence electrons. The van der Waals surface area contributed by atoms with E-state index in [4.69, 9.17) is 17.7 Å². The summed E-state index contributed by atoms with van der Waals surface area (Å²) in [6, 6.07) is 76.8. The number of carbonyl (C=O) groups excluding carboxylic acids is 1. The first-order chi connectivity index (χ1) is 41.6. The Balaban J connectivity index is 0.000000118. The Morgan fingerprint density at radius 2 is 0.612 bits per heavy atom. The van der Waals surface area contributed by atoms with E-state index in [0.717, 1.165) is 149 Å². The minimum Gasteiger partial charge on any atom is -0.455 e. The molecule has 1 N–H and O–H groups in total. The summed E-state index contributed by atoms with van der Waals surface area (Å²) in [5.74, 6) is -0.0221. The van der Waals surface area contributed by atoms with Crippen molar-refractivity contribution in [1.82, 2.24) is 0 Å². The summed E-state index contributed by atoms with van der Waals surface area (Å²) in [7, 11) is 0. The van der Waals surface area contributed by atoms with Crippen molar-refractivity contribution >= 4 is 173 Å². The van der Waals surface area contributed by atoms with Crippen LogP contribution in [0, 0.1) is 0 Å². The predicted octanol–water partition coefficient (Wildman–Crippen LogP) is 23.3. The largest absolute Gasteiger partial charge is 0.455 e. The molecule has 0 aliphatic heterocycles. The maximum absolute atomic E-state index is 13.4. The predicted molar refractivity (Wildman–Crippen MR) is 361 cm³/mol. The summed E-state index contributed by atoms with van der Waals surface area (Å²) < 4.78 is 30.4. The number of aliphatic hydroxyl groups is 1. The fourth-order valence-corrected chi connectivity index (χ4v) is 15.9. The first kappa shape index (κ1) is 52.4. The van der Waals surface area contributed by atoms with E-state index in [2.05, 4.69) is 159 Å². The van der Waals surface area contributed by atoms with Gasteiger partial charge in [0.2, 0.25) is 0 Å². The zero-order valence-electron chi connectivity index (χ0n) is 44.3. The highest BCUT2D eigenvalue weighted by Crippen LogP contribution is 2.61. The van der Waals surface area contributed by atoms with Crippen molar-refractivity contribution in [2.75, 3.05) is 0 Å². The normalized spacial score (nSPS) is 12.9. The molecule has 0 atom stereocenters. The summed E-state index contributed by atoms with van der Waals surface area (Å²) in [5, 5.41) is 21.3. The molecule has 6 nitrogen and oxygen atoms in total. The number of hydrogen-bond donors (Lipinski definition) is 1. The molecule has 85 heavy (non-hydrogen) atoms. The molecule has 16 aromatic rings. The molecule has 0 unspecified atom stereocenters. The average Bonchev–Trinajstić information content (AvgIpc) is 1.58. The Labute approximate surface area is 526 Å². The summed E-state index contributed by atoms with van der Waals surface area (Å²) in [6.45, 7) is 0. The fraction of sp³-hybridized carbons (Fsp3) is 0.0135. The molecule has 2 aliphatic rings. The number of hydrogen-bond acceptors (Lipinski definition) is 6. The number of fused-ring (bicyclic) bond motifs is 22. The Morgan fingerprint density at radius 1 is 0.294 bits per heavy atom. The van der Waals surface area contributed by atoms with Crippen molar-refractivity contribution in [3.63, 3.8) is 0 Å². The number of rotatable bonds is 3. The third-order valence-corrected chi connectivity index (χ3v) is 19.7. The minimum atomic E-state index is -1.50. The fourth-order valence-electron chi connectivity index (χ4n) is 12.9. The van der Waals surface area contributed by atoms with Crippen LogP contribution in [0.25, 0.3) is 132 Å². The number of furan rings is 4. The van der Waals surface area contributed by atoms with Gasteiger partial charge < -0.3 is 22.8 Å². The van der Waals surface area contributed by atoms with E-state index < -0.39 is 5.60 Å². The highest BCUT2D eigenvalue weighted by molar-refractivity contribution is 9.11. The molecule has 0 radical (unpaired) electrons. The van der Waals surface area contributed by atoms with Crippen LogP contribution in [0.15, 0.2) is 271 Å². The lowest BCUT2D eigenvalue weighted by Gasteiger charge is -2.29. The van der Waals surface area contributed by atoms with Crippen LogP contribution in [0.3, 0.4) is 0 Å².